The molecule has 17 heavy (non-hydrogen) atoms. The van der Waals surface area contributed by atoms with Crippen molar-refractivity contribution in [3.8, 4) is 0 Å². The van der Waals surface area contributed by atoms with E-state index in [4.69, 9.17) is 5.73 Å². The number of aromatic nitrogens is 2. The first-order chi connectivity index (χ1) is 8.07. The topological polar surface area (TPSA) is 43.8 Å². The molecule has 1 aliphatic rings. The summed E-state index contributed by atoms with van der Waals surface area (Å²) < 4.78 is 2.34. The SMILES string of the molecule is CC(C)CC(C)(CN)n1cncc1C1CCC1. The van der Waals surface area contributed by atoms with Crippen LogP contribution >= 0.6 is 0 Å². The van der Waals surface area contributed by atoms with E-state index in [1.807, 2.05) is 12.5 Å². The summed E-state index contributed by atoms with van der Waals surface area (Å²) in [5, 5.41) is 0. The maximum absolute atomic E-state index is 6.03. The molecule has 1 aromatic heterocycles. The quantitative estimate of drug-likeness (QED) is 0.853. The lowest BCUT2D eigenvalue weighted by molar-refractivity contribution is 0.246. The molecule has 2 N–H and O–H groups in total. The van der Waals surface area contributed by atoms with Crippen molar-refractivity contribution in [1.82, 2.24) is 9.55 Å². The Kier molecular flexibility index (Phi) is 3.57. The summed E-state index contributed by atoms with van der Waals surface area (Å²) in [5.74, 6) is 1.37. The Morgan fingerprint density at radius 2 is 2.24 bits per heavy atom. The Morgan fingerprint density at radius 1 is 1.53 bits per heavy atom. The lowest BCUT2D eigenvalue weighted by Gasteiger charge is -2.36. The van der Waals surface area contributed by atoms with Crippen molar-refractivity contribution in [2.45, 2.75) is 57.9 Å². The summed E-state index contributed by atoms with van der Waals surface area (Å²) in [4.78, 5) is 4.35. The van der Waals surface area contributed by atoms with Gasteiger partial charge in [0.25, 0.3) is 0 Å². The molecule has 0 amide bonds. The van der Waals surface area contributed by atoms with E-state index < -0.39 is 0 Å². The van der Waals surface area contributed by atoms with Crippen molar-refractivity contribution in [2.24, 2.45) is 11.7 Å². The van der Waals surface area contributed by atoms with Crippen LogP contribution in [0.2, 0.25) is 0 Å². The molecule has 1 unspecified atom stereocenters. The molecule has 0 aliphatic heterocycles. The molecule has 3 nitrogen and oxygen atoms in total. The summed E-state index contributed by atoms with van der Waals surface area (Å²) in [7, 11) is 0. The molecule has 96 valence electrons. The number of nitrogens with zero attached hydrogens (tertiary/aromatic N) is 2. The number of hydrogen-bond acceptors (Lipinski definition) is 2. The minimum absolute atomic E-state index is 0.0234. The van der Waals surface area contributed by atoms with Gasteiger partial charge in [-0.25, -0.2) is 4.98 Å². The summed E-state index contributed by atoms with van der Waals surface area (Å²) in [6.07, 6.45) is 9.11. The van der Waals surface area contributed by atoms with Gasteiger partial charge in [0.1, 0.15) is 0 Å². The van der Waals surface area contributed by atoms with Crippen LogP contribution in [0.25, 0.3) is 0 Å². The average molecular weight is 235 g/mol. The van der Waals surface area contributed by atoms with Crippen LogP contribution in [-0.4, -0.2) is 16.1 Å². The molecule has 2 rings (SSSR count). The molecule has 3 heteroatoms. The predicted molar refractivity (Wildman–Crippen MR) is 71.0 cm³/mol. The van der Waals surface area contributed by atoms with Gasteiger partial charge in [0, 0.05) is 24.4 Å². The van der Waals surface area contributed by atoms with Crippen LogP contribution in [0.5, 0.6) is 0 Å². The molecular weight excluding hydrogens is 210 g/mol. The summed E-state index contributed by atoms with van der Waals surface area (Å²) in [5.41, 5.74) is 7.44. The number of nitrogens with two attached hydrogens (primary N) is 1. The van der Waals surface area contributed by atoms with E-state index >= 15 is 0 Å². The van der Waals surface area contributed by atoms with E-state index in [0.717, 1.165) is 12.3 Å². The van der Waals surface area contributed by atoms with Crippen LogP contribution in [-0.2, 0) is 5.54 Å². The highest BCUT2D eigenvalue weighted by Gasteiger charge is 2.31. The second-order valence-corrected chi connectivity index (χ2v) is 6.12. The first kappa shape index (κ1) is 12.6. The fourth-order valence-electron chi connectivity index (χ4n) is 2.92. The minimum atomic E-state index is 0.0234. The van der Waals surface area contributed by atoms with Gasteiger partial charge in [-0.1, -0.05) is 20.3 Å². The Bertz CT molecular complexity index is 365. The van der Waals surface area contributed by atoms with Gasteiger partial charge in [-0.3, -0.25) is 0 Å². The molecule has 0 bridgehead atoms. The molecule has 0 spiro atoms. The van der Waals surface area contributed by atoms with Gasteiger partial charge in [-0.05, 0) is 32.1 Å². The summed E-state index contributed by atoms with van der Waals surface area (Å²) >= 11 is 0. The third-order valence-corrected chi connectivity index (χ3v) is 4.06. The molecule has 1 aromatic rings. The second-order valence-electron chi connectivity index (χ2n) is 6.12. The highest BCUT2D eigenvalue weighted by molar-refractivity contribution is 5.13. The van der Waals surface area contributed by atoms with Crippen LogP contribution in [0, 0.1) is 5.92 Å². The van der Waals surface area contributed by atoms with Crippen LogP contribution in [0.3, 0.4) is 0 Å². The highest BCUT2D eigenvalue weighted by Crippen LogP contribution is 2.38. The normalized spacial score (nSPS) is 20.3. The lowest BCUT2D eigenvalue weighted by atomic mass is 9.81. The van der Waals surface area contributed by atoms with Gasteiger partial charge >= 0.3 is 0 Å². The van der Waals surface area contributed by atoms with Gasteiger partial charge in [-0.15, -0.1) is 0 Å². The van der Waals surface area contributed by atoms with Crippen molar-refractivity contribution < 1.29 is 0 Å². The molecule has 1 saturated carbocycles. The monoisotopic (exact) mass is 235 g/mol. The van der Waals surface area contributed by atoms with E-state index in [-0.39, 0.29) is 5.54 Å². The third kappa shape index (κ3) is 2.39. The minimum Gasteiger partial charge on any atom is -0.328 e. The first-order valence-electron chi connectivity index (χ1n) is 6.79. The molecule has 1 heterocycles. The summed E-state index contributed by atoms with van der Waals surface area (Å²) in [6.45, 7) is 7.46. The Balaban J connectivity index is 2.26. The maximum atomic E-state index is 6.03. The molecule has 1 atom stereocenters. The van der Waals surface area contributed by atoms with Gasteiger partial charge in [0.05, 0.1) is 11.9 Å². The predicted octanol–water partition coefficient (Wildman–Crippen LogP) is 2.87. The molecule has 1 aliphatic carbocycles. The van der Waals surface area contributed by atoms with Crippen molar-refractivity contribution >= 4 is 0 Å². The van der Waals surface area contributed by atoms with Gasteiger partial charge < -0.3 is 10.3 Å². The zero-order valence-corrected chi connectivity index (χ0v) is 11.3. The average Bonchev–Trinajstić information content (AvgIpc) is 2.63. The van der Waals surface area contributed by atoms with E-state index in [1.54, 1.807) is 0 Å². The fourth-order valence-corrected chi connectivity index (χ4v) is 2.92. The highest BCUT2D eigenvalue weighted by atomic mass is 15.1. The first-order valence-corrected chi connectivity index (χ1v) is 6.79. The number of imidazole rings is 1. The summed E-state index contributed by atoms with van der Waals surface area (Å²) in [6, 6.07) is 0. The molecular formula is C14H25N3. The fraction of sp³-hybridized carbons (Fsp3) is 0.786. The van der Waals surface area contributed by atoms with E-state index in [0.29, 0.717) is 12.5 Å². The second kappa shape index (κ2) is 4.81. The van der Waals surface area contributed by atoms with Crippen LogP contribution in [0.4, 0.5) is 0 Å². The van der Waals surface area contributed by atoms with Crippen molar-refractivity contribution in [3.05, 3.63) is 18.2 Å². The Morgan fingerprint density at radius 3 is 2.71 bits per heavy atom. The van der Waals surface area contributed by atoms with E-state index in [2.05, 4.69) is 30.3 Å². The van der Waals surface area contributed by atoms with Crippen LogP contribution in [0.1, 0.15) is 58.1 Å². The molecule has 1 fully saturated rings. The number of hydrogen-bond donors (Lipinski definition) is 1. The standard InChI is InChI=1S/C14H25N3/c1-11(2)7-14(3,9-15)17-10-16-8-13(17)12-5-4-6-12/h8,10-12H,4-7,9,15H2,1-3H3. The molecule has 0 aromatic carbocycles. The number of rotatable bonds is 5. The van der Waals surface area contributed by atoms with E-state index in [1.165, 1.54) is 25.0 Å². The van der Waals surface area contributed by atoms with Crippen LogP contribution in [0.15, 0.2) is 12.5 Å². The molecule has 0 saturated heterocycles. The Labute approximate surface area is 104 Å². The lowest BCUT2D eigenvalue weighted by Crippen LogP contribution is -2.40. The largest absolute Gasteiger partial charge is 0.328 e. The van der Waals surface area contributed by atoms with Crippen molar-refractivity contribution in [3.63, 3.8) is 0 Å². The van der Waals surface area contributed by atoms with Crippen LogP contribution < -0.4 is 5.73 Å². The van der Waals surface area contributed by atoms with Gasteiger partial charge in [0.15, 0.2) is 0 Å². The van der Waals surface area contributed by atoms with Gasteiger partial charge in [-0.2, -0.15) is 0 Å². The third-order valence-electron chi connectivity index (χ3n) is 4.06. The van der Waals surface area contributed by atoms with Crippen molar-refractivity contribution in [2.75, 3.05) is 6.54 Å². The molecule has 0 radical (unpaired) electrons. The maximum Gasteiger partial charge on any atom is 0.0953 e. The smallest absolute Gasteiger partial charge is 0.0953 e. The zero-order chi connectivity index (χ0) is 12.5. The van der Waals surface area contributed by atoms with Crippen molar-refractivity contribution in [1.29, 1.82) is 0 Å². The Hall–Kier alpha value is -0.830. The zero-order valence-electron chi connectivity index (χ0n) is 11.3. The van der Waals surface area contributed by atoms with E-state index in [9.17, 15) is 0 Å². The van der Waals surface area contributed by atoms with Gasteiger partial charge in [0.2, 0.25) is 0 Å².